The van der Waals surface area contributed by atoms with E-state index in [1.165, 1.54) is 0 Å². The number of fused-ring (bicyclic) bond motifs is 1. The summed E-state index contributed by atoms with van der Waals surface area (Å²) in [7, 11) is 0. The highest BCUT2D eigenvalue weighted by molar-refractivity contribution is 5.71. The Morgan fingerprint density at radius 2 is 1.65 bits per heavy atom. The molecule has 0 bridgehead atoms. The highest BCUT2D eigenvalue weighted by atomic mass is 16.3. The number of pyridine rings is 3. The second kappa shape index (κ2) is 5.97. The van der Waals surface area contributed by atoms with Crippen LogP contribution < -0.4 is 0 Å². The summed E-state index contributed by atoms with van der Waals surface area (Å²) in [6, 6.07) is 14.0. The van der Waals surface area contributed by atoms with Crippen LogP contribution in [0.25, 0.3) is 39.3 Å². The smallest absolute Gasteiger partial charge is 0.137 e. The van der Waals surface area contributed by atoms with Crippen LogP contribution in [-0.4, -0.2) is 19.4 Å². The molecule has 0 amide bonds. The van der Waals surface area contributed by atoms with Gasteiger partial charge in [-0.25, -0.2) is 4.98 Å². The molecule has 5 rings (SSSR count). The van der Waals surface area contributed by atoms with E-state index in [-0.39, 0.29) is 0 Å². The Morgan fingerprint density at radius 1 is 0.769 bits per heavy atom. The number of hydrogen-bond donors (Lipinski definition) is 0. The van der Waals surface area contributed by atoms with E-state index < -0.39 is 0 Å². The number of hydrogen-bond acceptors (Lipinski definition) is 4. The van der Waals surface area contributed by atoms with E-state index in [9.17, 15) is 0 Å². The van der Waals surface area contributed by atoms with Crippen LogP contribution in [0.1, 0.15) is 0 Å². The molecule has 0 unspecified atom stereocenters. The largest absolute Gasteiger partial charge is 0.472 e. The van der Waals surface area contributed by atoms with Crippen LogP contribution >= 0.6 is 0 Å². The molecule has 0 aliphatic rings. The molecule has 26 heavy (non-hydrogen) atoms. The highest BCUT2D eigenvalue weighted by Gasteiger charge is 2.10. The van der Waals surface area contributed by atoms with Crippen molar-refractivity contribution in [3.05, 3.63) is 86.0 Å². The molecule has 5 heteroatoms. The second-order valence-electron chi connectivity index (χ2n) is 5.97. The molecule has 0 fully saturated rings. The average molecular weight is 338 g/mol. The maximum atomic E-state index is 5.17. The molecule has 124 valence electrons. The summed E-state index contributed by atoms with van der Waals surface area (Å²) in [4.78, 5) is 13.1. The molecule has 0 aromatic carbocycles. The molecule has 5 aromatic heterocycles. The fourth-order valence-electron chi connectivity index (χ4n) is 3.07. The van der Waals surface area contributed by atoms with Gasteiger partial charge in [0.05, 0.1) is 30.1 Å². The molecule has 0 saturated heterocycles. The second-order valence-corrected chi connectivity index (χ2v) is 5.97. The number of nitrogens with zero attached hydrogens (tertiary/aromatic N) is 4. The van der Waals surface area contributed by atoms with Crippen LogP contribution in [0.3, 0.4) is 0 Å². The van der Waals surface area contributed by atoms with Gasteiger partial charge in [0.2, 0.25) is 0 Å². The highest BCUT2D eigenvalue weighted by Crippen LogP contribution is 2.27. The zero-order chi connectivity index (χ0) is 17.3. The first-order chi connectivity index (χ1) is 12.9. The van der Waals surface area contributed by atoms with Gasteiger partial charge in [-0.2, -0.15) is 0 Å². The van der Waals surface area contributed by atoms with E-state index in [2.05, 4.69) is 31.6 Å². The number of furan rings is 1. The Hall–Kier alpha value is -3.73. The third-order valence-corrected chi connectivity index (χ3v) is 4.39. The van der Waals surface area contributed by atoms with Crippen molar-refractivity contribution in [3.63, 3.8) is 0 Å². The average Bonchev–Trinajstić information content (AvgIpc) is 3.38. The van der Waals surface area contributed by atoms with Crippen molar-refractivity contribution in [1.82, 2.24) is 19.4 Å². The summed E-state index contributed by atoms with van der Waals surface area (Å²) >= 11 is 0. The van der Waals surface area contributed by atoms with E-state index in [1.807, 2.05) is 48.8 Å². The lowest BCUT2D eigenvalue weighted by Gasteiger charge is -2.06. The van der Waals surface area contributed by atoms with E-state index in [1.54, 1.807) is 24.9 Å². The lowest BCUT2D eigenvalue weighted by atomic mass is 10.1. The third-order valence-electron chi connectivity index (χ3n) is 4.39. The van der Waals surface area contributed by atoms with Crippen LogP contribution in [0, 0.1) is 0 Å². The Labute approximate surface area is 149 Å². The van der Waals surface area contributed by atoms with Gasteiger partial charge in [-0.05, 0) is 53.6 Å². The maximum Gasteiger partial charge on any atom is 0.137 e. The zero-order valence-electron chi connectivity index (χ0n) is 13.8. The Kier molecular flexibility index (Phi) is 3.35. The van der Waals surface area contributed by atoms with Gasteiger partial charge in [-0.15, -0.1) is 0 Å². The molecule has 5 nitrogen and oxygen atoms in total. The zero-order valence-corrected chi connectivity index (χ0v) is 13.8. The summed E-state index contributed by atoms with van der Waals surface area (Å²) in [5.74, 6) is 0. The summed E-state index contributed by atoms with van der Waals surface area (Å²) in [6.07, 6.45) is 12.7. The van der Waals surface area contributed by atoms with Crippen LogP contribution in [0.5, 0.6) is 0 Å². The number of aromatic nitrogens is 4. The molecule has 0 aliphatic heterocycles. The molecule has 0 spiro atoms. The lowest BCUT2D eigenvalue weighted by Crippen LogP contribution is -1.91. The summed E-state index contributed by atoms with van der Waals surface area (Å²) < 4.78 is 7.27. The topological polar surface area (TPSA) is 56.2 Å². The molecule has 0 saturated carbocycles. The monoisotopic (exact) mass is 338 g/mol. The summed E-state index contributed by atoms with van der Waals surface area (Å²) in [5, 5.41) is 0. The molecule has 5 heterocycles. The summed E-state index contributed by atoms with van der Waals surface area (Å²) in [6.45, 7) is 0. The maximum absolute atomic E-state index is 5.17. The van der Waals surface area contributed by atoms with Crippen molar-refractivity contribution in [2.75, 3.05) is 0 Å². The van der Waals surface area contributed by atoms with Crippen molar-refractivity contribution in [2.24, 2.45) is 0 Å². The molecular formula is C21H14N4O. The first-order valence-electron chi connectivity index (χ1n) is 8.25. The first kappa shape index (κ1) is 14.6. The van der Waals surface area contributed by atoms with E-state index in [0.717, 1.165) is 39.3 Å². The van der Waals surface area contributed by atoms with E-state index in [4.69, 9.17) is 4.42 Å². The third kappa shape index (κ3) is 2.46. The Bertz CT molecular complexity index is 1180. The molecule has 0 aliphatic carbocycles. The molecule has 5 aromatic rings. The van der Waals surface area contributed by atoms with Gasteiger partial charge in [-0.3, -0.25) is 14.4 Å². The lowest BCUT2D eigenvalue weighted by molar-refractivity contribution is 0.568. The van der Waals surface area contributed by atoms with Crippen LogP contribution in [-0.2, 0) is 0 Å². The summed E-state index contributed by atoms with van der Waals surface area (Å²) in [5.41, 5.74) is 7.03. The van der Waals surface area contributed by atoms with Crippen molar-refractivity contribution >= 4 is 5.65 Å². The van der Waals surface area contributed by atoms with Crippen LogP contribution in [0.15, 0.2) is 90.4 Å². The fourth-order valence-corrected chi connectivity index (χ4v) is 3.07. The number of imidazole rings is 1. The van der Waals surface area contributed by atoms with Crippen LogP contribution in [0.4, 0.5) is 0 Å². The predicted octanol–water partition coefficient (Wildman–Crippen LogP) is 4.72. The van der Waals surface area contributed by atoms with Crippen LogP contribution in [0.2, 0.25) is 0 Å². The minimum Gasteiger partial charge on any atom is -0.472 e. The quantitative estimate of drug-likeness (QED) is 0.478. The Balaban J connectivity index is 1.65. The molecule has 0 N–H and O–H groups in total. The SMILES string of the molecule is c1cc(-c2ccc3ncc(-c4ccnc(-c5ccoc5)c4)n3c2)ccn1. The van der Waals surface area contributed by atoms with E-state index in [0.29, 0.717) is 0 Å². The normalized spacial score (nSPS) is 11.1. The van der Waals surface area contributed by atoms with E-state index >= 15 is 0 Å². The van der Waals surface area contributed by atoms with Crippen molar-refractivity contribution < 1.29 is 4.42 Å². The van der Waals surface area contributed by atoms with Crippen molar-refractivity contribution in [1.29, 1.82) is 0 Å². The van der Waals surface area contributed by atoms with Gasteiger partial charge in [0.1, 0.15) is 5.65 Å². The first-order valence-corrected chi connectivity index (χ1v) is 8.25. The van der Waals surface area contributed by atoms with Gasteiger partial charge in [0.25, 0.3) is 0 Å². The van der Waals surface area contributed by atoms with Gasteiger partial charge in [0, 0.05) is 35.9 Å². The minimum absolute atomic E-state index is 0.872. The van der Waals surface area contributed by atoms with Gasteiger partial charge in [-0.1, -0.05) is 0 Å². The standard InChI is InChI=1S/C21H14N4O/c1-2-21-24-12-20(25(21)13-17(1)15-3-7-22-8-4-15)16-5-9-23-19(11-16)18-6-10-26-14-18/h1-14H. The van der Waals surface area contributed by atoms with Crippen molar-refractivity contribution in [2.45, 2.75) is 0 Å². The van der Waals surface area contributed by atoms with Gasteiger partial charge in [0.15, 0.2) is 0 Å². The molecule has 0 radical (unpaired) electrons. The predicted molar refractivity (Wildman–Crippen MR) is 99.4 cm³/mol. The van der Waals surface area contributed by atoms with Gasteiger partial charge >= 0.3 is 0 Å². The molecular weight excluding hydrogens is 324 g/mol. The molecule has 0 atom stereocenters. The minimum atomic E-state index is 0.872. The Morgan fingerprint density at radius 3 is 2.50 bits per heavy atom. The number of rotatable bonds is 3. The fraction of sp³-hybridized carbons (Fsp3) is 0. The van der Waals surface area contributed by atoms with Crippen molar-refractivity contribution in [3.8, 4) is 33.6 Å². The van der Waals surface area contributed by atoms with Gasteiger partial charge < -0.3 is 4.42 Å².